The Labute approximate surface area is 141 Å². The van der Waals surface area contributed by atoms with Crippen LogP contribution in [0.2, 0.25) is 10.0 Å². The van der Waals surface area contributed by atoms with Crippen molar-refractivity contribution in [2.24, 2.45) is 0 Å². The molecule has 0 atom stereocenters. The second kappa shape index (κ2) is 7.80. The molecule has 8 heteroatoms. The van der Waals surface area contributed by atoms with Gasteiger partial charge in [0.15, 0.2) is 6.61 Å². The maximum absolute atomic E-state index is 11.6. The van der Waals surface area contributed by atoms with Crippen molar-refractivity contribution in [2.45, 2.75) is 6.61 Å². The van der Waals surface area contributed by atoms with Gasteiger partial charge in [-0.1, -0.05) is 29.3 Å². The number of esters is 1. The van der Waals surface area contributed by atoms with Gasteiger partial charge >= 0.3 is 5.97 Å². The Balaban J connectivity index is 1.80. The number of carbonyl (C=O) groups excluding carboxylic acids is 1. The quantitative estimate of drug-likeness (QED) is 0.444. The van der Waals surface area contributed by atoms with E-state index in [-0.39, 0.29) is 18.9 Å². The van der Waals surface area contributed by atoms with Crippen molar-refractivity contribution in [2.75, 3.05) is 6.61 Å². The Morgan fingerprint density at radius 1 is 1.09 bits per heavy atom. The zero-order valence-electron chi connectivity index (χ0n) is 11.7. The van der Waals surface area contributed by atoms with Crippen LogP contribution in [0.15, 0.2) is 42.5 Å². The SMILES string of the molecule is O=C(COc1ccc([N+](=O)[O-])cc1)OCc1ccc(Cl)c(Cl)c1. The molecule has 2 aromatic rings. The maximum atomic E-state index is 11.6. The molecule has 0 saturated carbocycles. The molecule has 2 aromatic carbocycles. The third-order valence-corrected chi connectivity index (χ3v) is 3.53. The van der Waals surface area contributed by atoms with Crippen LogP contribution in [0.5, 0.6) is 5.75 Å². The molecule has 0 aliphatic rings. The van der Waals surface area contributed by atoms with Crippen LogP contribution in [-0.4, -0.2) is 17.5 Å². The van der Waals surface area contributed by atoms with Gasteiger partial charge in [-0.15, -0.1) is 0 Å². The van der Waals surface area contributed by atoms with E-state index in [0.29, 0.717) is 21.4 Å². The van der Waals surface area contributed by atoms with E-state index in [9.17, 15) is 14.9 Å². The molecule has 0 aliphatic heterocycles. The normalized spacial score (nSPS) is 10.2. The first kappa shape index (κ1) is 17.1. The van der Waals surface area contributed by atoms with Crippen molar-refractivity contribution in [3.8, 4) is 5.75 Å². The molecular formula is C15H11Cl2NO5. The van der Waals surface area contributed by atoms with Gasteiger partial charge in [0, 0.05) is 12.1 Å². The molecule has 0 heterocycles. The lowest BCUT2D eigenvalue weighted by molar-refractivity contribution is -0.384. The second-order valence-electron chi connectivity index (χ2n) is 4.45. The van der Waals surface area contributed by atoms with Gasteiger partial charge in [0.25, 0.3) is 5.69 Å². The monoisotopic (exact) mass is 355 g/mol. The van der Waals surface area contributed by atoms with E-state index in [4.69, 9.17) is 32.7 Å². The van der Waals surface area contributed by atoms with Crippen LogP contribution < -0.4 is 4.74 Å². The highest BCUT2D eigenvalue weighted by molar-refractivity contribution is 6.42. The van der Waals surface area contributed by atoms with Gasteiger partial charge < -0.3 is 9.47 Å². The summed E-state index contributed by atoms with van der Waals surface area (Å²) >= 11 is 11.7. The zero-order chi connectivity index (χ0) is 16.8. The molecule has 120 valence electrons. The molecule has 2 rings (SSSR count). The number of nitrogens with zero attached hydrogens (tertiary/aromatic N) is 1. The van der Waals surface area contributed by atoms with Gasteiger partial charge in [0.1, 0.15) is 12.4 Å². The van der Waals surface area contributed by atoms with Crippen molar-refractivity contribution >= 4 is 34.9 Å². The molecule has 0 aromatic heterocycles. The number of carbonyl (C=O) groups is 1. The van der Waals surface area contributed by atoms with Crippen LogP contribution in [0.4, 0.5) is 5.69 Å². The number of non-ortho nitro benzene ring substituents is 1. The summed E-state index contributed by atoms with van der Waals surface area (Å²) in [5.74, 6) is -0.239. The maximum Gasteiger partial charge on any atom is 0.344 e. The van der Waals surface area contributed by atoms with Crippen LogP contribution in [0.3, 0.4) is 0 Å². The number of nitro groups is 1. The number of halogens is 2. The third kappa shape index (κ3) is 5.12. The van der Waals surface area contributed by atoms with Crippen LogP contribution >= 0.6 is 23.2 Å². The minimum Gasteiger partial charge on any atom is -0.482 e. The Morgan fingerprint density at radius 3 is 2.39 bits per heavy atom. The molecule has 0 aliphatic carbocycles. The highest BCUT2D eigenvalue weighted by Crippen LogP contribution is 2.23. The summed E-state index contributed by atoms with van der Waals surface area (Å²) < 4.78 is 10.2. The van der Waals surface area contributed by atoms with Crippen molar-refractivity contribution in [1.82, 2.24) is 0 Å². The molecule has 0 saturated heterocycles. The molecular weight excluding hydrogens is 345 g/mol. The van der Waals surface area contributed by atoms with E-state index in [0.717, 1.165) is 0 Å². The number of nitro benzene ring substituents is 1. The van der Waals surface area contributed by atoms with Gasteiger partial charge in [-0.05, 0) is 29.8 Å². The first-order valence-corrected chi connectivity index (χ1v) is 7.18. The Kier molecular flexibility index (Phi) is 5.78. The molecule has 0 amide bonds. The van der Waals surface area contributed by atoms with Gasteiger partial charge in [0.2, 0.25) is 0 Å². The minimum absolute atomic E-state index is 0.0410. The Morgan fingerprint density at radius 2 is 1.78 bits per heavy atom. The molecule has 23 heavy (non-hydrogen) atoms. The van der Waals surface area contributed by atoms with Crippen LogP contribution in [0.1, 0.15) is 5.56 Å². The topological polar surface area (TPSA) is 78.7 Å². The van der Waals surface area contributed by atoms with E-state index in [2.05, 4.69) is 0 Å². The third-order valence-electron chi connectivity index (χ3n) is 2.79. The van der Waals surface area contributed by atoms with E-state index in [1.165, 1.54) is 24.3 Å². The van der Waals surface area contributed by atoms with Crippen molar-refractivity contribution in [3.63, 3.8) is 0 Å². The van der Waals surface area contributed by atoms with Gasteiger partial charge in [0.05, 0.1) is 15.0 Å². The van der Waals surface area contributed by atoms with Crippen LogP contribution in [-0.2, 0) is 16.1 Å². The zero-order valence-corrected chi connectivity index (χ0v) is 13.2. The van der Waals surface area contributed by atoms with Crippen molar-refractivity contribution < 1.29 is 19.2 Å². The highest BCUT2D eigenvalue weighted by Gasteiger charge is 2.08. The average Bonchev–Trinajstić information content (AvgIpc) is 2.54. The van der Waals surface area contributed by atoms with E-state index in [1.807, 2.05) is 0 Å². The molecule has 6 nitrogen and oxygen atoms in total. The van der Waals surface area contributed by atoms with E-state index in [1.54, 1.807) is 18.2 Å². The number of benzene rings is 2. The van der Waals surface area contributed by atoms with Crippen LogP contribution in [0.25, 0.3) is 0 Å². The Bertz CT molecular complexity index is 718. The van der Waals surface area contributed by atoms with Crippen molar-refractivity contribution in [3.05, 3.63) is 68.2 Å². The molecule has 0 N–H and O–H groups in total. The average molecular weight is 356 g/mol. The number of hydrogen-bond donors (Lipinski definition) is 0. The second-order valence-corrected chi connectivity index (χ2v) is 5.26. The van der Waals surface area contributed by atoms with Crippen molar-refractivity contribution in [1.29, 1.82) is 0 Å². The molecule has 0 fully saturated rings. The van der Waals surface area contributed by atoms with Crippen LogP contribution in [0, 0.1) is 10.1 Å². The first-order chi connectivity index (χ1) is 11.0. The minimum atomic E-state index is -0.575. The van der Waals surface area contributed by atoms with Gasteiger partial charge in [-0.25, -0.2) is 4.79 Å². The first-order valence-electron chi connectivity index (χ1n) is 6.42. The molecule has 0 bridgehead atoms. The van der Waals surface area contributed by atoms with Gasteiger partial charge in [-0.2, -0.15) is 0 Å². The lowest BCUT2D eigenvalue weighted by atomic mass is 10.2. The summed E-state index contributed by atoms with van der Waals surface area (Å²) in [5, 5.41) is 11.3. The fourth-order valence-electron chi connectivity index (χ4n) is 1.64. The Hall–Kier alpha value is -2.31. The summed E-state index contributed by atoms with van der Waals surface area (Å²) in [4.78, 5) is 21.6. The standard InChI is InChI=1S/C15H11Cl2NO5/c16-13-6-1-10(7-14(13)17)8-23-15(19)9-22-12-4-2-11(3-5-12)18(20)21/h1-7H,8-9H2. The lowest BCUT2D eigenvalue weighted by Crippen LogP contribution is -2.14. The van der Waals surface area contributed by atoms with E-state index >= 15 is 0 Å². The summed E-state index contributed by atoms with van der Waals surface area (Å²) in [6, 6.07) is 10.3. The smallest absolute Gasteiger partial charge is 0.344 e. The summed E-state index contributed by atoms with van der Waals surface area (Å²) in [6.07, 6.45) is 0. The number of hydrogen-bond acceptors (Lipinski definition) is 5. The predicted octanol–water partition coefficient (Wildman–Crippen LogP) is 4.02. The summed E-state index contributed by atoms with van der Waals surface area (Å²) in [6.45, 7) is -0.265. The highest BCUT2D eigenvalue weighted by atomic mass is 35.5. The molecule has 0 unspecified atom stereocenters. The fraction of sp³-hybridized carbons (Fsp3) is 0.133. The molecule has 0 spiro atoms. The predicted molar refractivity (Wildman–Crippen MR) is 84.8 cm³/mol. The van der Waals surface area contributed by atoms with E-state index < -0.39 is 10.9 Å². The molecule has 0 radical (unpaired) electrons. The van der Waals surface area contributed by atoms with Gasteiger partial charge in [-0.3, -0.25) is 10.1 Å². The lowest BCUT2D eigenvalue weighted by Gasteiger charge is -2.07. The largest absolute Gasteiger partial charge is 0.482 e. The number of rotatable bonds is 6. The summed E-state index contributed by atoms with van der Waals surface area (Å²) in [7, 11) is 0. The number of ether oxygens (including phenoxy) is 2. The summed E-state index contributed by atoms with van der Waals surface area (Å²) in [5.41, 5.74) is 0.641. The fourth-order valence-corrected chi connectivity index (χ4v) is 1.96.